The molecule has 0 radical (unpaired) electrons. The van der Waals surface area contributed by atoms with Crippen molar-refractivity contribution >= 4 is 11.6 Å². The fourth-order valence-electron chi connectivity index (χ4n) is 3.28. The van der Waals surface area contributed by atoms with Gasteiger partial charge in [0.05, 0.1) is 12.3 Å². The lowest BCUT2D eigenvalue weighted by molar-refractivity contribution is 0.0519. The van der Waals surface area contributed by atoms with Crippen LogP contribution in [0.3, 0.4) is 0 Å². The summed E-state index contributed by atoms with van der Waals surface area (Å²) in [5.41, 5.74) is 7.30. The van der Waals surface area contributed by atoms with Crippen molar-refractivity contribution in [3.05, 3.63) is 52.5 Å². The Morgan fingerprint density at radius 3 is 2.54 bits per heavy atom. The van der Waals surface area contributed by atoms with Crippen molar-refractivity contribution in [1.82, 2.24) is 14.6 Å². The molecule has 0 saturated carbocycles. The maximum Gasteiger partial charge on any atom is 0.357 e. The SMILES string of the molecule is CCOC(=O)c1cc(C(C)C)n2nc(C)c(-c3ccc(C)cc3C)c2n1. The van der Waals surface area contributed by atoms with Crippen LogP contribution in [0.4, 0.5) is 0 Å². The maximum atomic E-state index is 12.3. The molecule has 0 aliphatic heterocycles. The molecule has 3 rings (SSSR count). The van der Waals surface area contributed by atoms with Gasteiger partial charge >= 0.3 is 5.97 Å². The van der Waals surface area contributed by atoms with Crippen LogP contribution < -0.4 is 0 Å². The lowest BCUT2D eigenvalue weighted by Gasteiger charge is -2.11. The first kappa shape index (κ1) is 18.1. The van der Waals surface area contributed by atoms with Gasteiger partial charge in [-0.2, -0.15) is 5.10 Å². The number of carbonyl (C=O) groups excluding carboxylic acids is 1. The van der Waals surface area contributed by atoms with Crippen molar-refractivity contribution in [2.45, 2.75) is 47.5 Å². The van der Waals surface area contributed by atoms with Gasteiger partial charge in [-0.05, 0) is 50.8 Å². The van der Waals surface area contributed by atoms with Crippen LogP contribution in [0.1, 0.15) is 59.7 Å². The van der Waals surface area contributed by atoms with Gasteiger partial charge in [0.25, 0.3) is 0 Å². The Bertz CT molecular complexity index is 987. The molecule has 3 aromatic rings. The van der Waals surface area contributed by atoms with Gasteiger partial charge in [-0.1, -0.05) is 37.6 Å². The Balaban J connectivity index is 2.33. The summed E-state index contributed by atoms with van der Waals surface area (Å²) in [4.78, 5) is 16.9. The highest BCUT2D eigenvalue weighted by Gasteiger charge is 2.21. The quantitative estimate of drug-likeness (QED) is 0.644. The topological polar surface area (TPSA) is 56.5 Å². The van der Waals surface area contributed by atoms with Crippen molar-refractivity contribution in [3.8, 4) is 11.1 Å². The predicted octanol–water partition coefficient (Wildman–Crippen LogP) is 4.62. The van der Waals surface area contributed by atoms with Crippen molar-refractivity contribution in [3.63, 3.8) is 0 Å². The second-order valence-electron chi connectivity index (χ2n) is 6.96. The highest BCUT2D eigenvalue weighted by Crippen LogP contribution is 2.32. The van der Waals surface area contributed by atoms with Gasteiger partial charge in [-0.15, -0.1) is 0 Å². The van der Waals surface area contributed by atoms with E-state index in [1.54, 1.807) is 13.0 Å². The van der Waals surface area contributed by atoms with Crippen molar-refractivity contribution < 1.29 is 9.53 Å². The van der Waals surface area contributed by atoms with Crippen molar-refractivity contribution in [2.75, 3.05) is 6.61 Å². The third kappa shape index (κ3) is 3.09. The minimum absolute atomic E-state index is 0.194. The van der Waals surface area contributed by atoms with Crippen LogP contribution in [0.5, 0.6) is 0 Å². The smallest absolute Gasteiger partial charge is 0.357 e. The zero-order valence-electron chi connectivity index (χ0n) is 16.3. The molecule has 5 nitrogen and oxygen atoms in total. The van der Waals surface area contributed by atoms with E-state index in [9.17, 15) is 4.79 Å². The highest BCUT2D eigenvalue weighted by molar-refractivity contribution is 5.90. The van der Waals surface area contributed by atoms with Crippen LogP contribution in [0.25, 0.3) is 16.8 Å². The number of aryl methyl sites for hydroxylation is 3. The molecule has 1 aromatic carbocycles. The number of fused-ring (bicyclic) bond motifs is 1. The van der Waals surface area contributed by atoms with Crippen molar-refractivity contribution in [1.29, 1.82) is 0 Å². The van der Waals surface area contributed by atoms with E-state index in [0.717, 1.165) is 28.1 Å². The van der Waals surface area contributed by atoms with Gasteiger partial charge in [0.15, 0.2) is 11.3 Å². The number of hydrogen-bond acceptors (Lipinski definition) is 4. The third-order valence-corrected chi connectivity index (χ3v) is 4.52. The first-order chi connectivity index (χ1) is 12.3. The molecule has 0 saturated heterocycles. The van der Waals surface area contributed by atoms with E-state index in [1.165, 1.54) is 5.56 Å². The zero-order valence-corrected chi connectivity index (χ0v) is 16.3. The van der Waals surface area contributed by atoms with Crippen LogP contribution >= 0.6 is 0 Å². The van der Waals surface area contributed by atoms with Crippen LogP contribution in [0, 0.1) is 20.8 Å². The van der Waals surface area contributed by atoms with Gasteiger partial charge < -0.3 is 4.74 Å². The Morgan fingerprint density at radius 2 is 1.92 bits per heavy atom. The van der Waals surface area contributed by atoms with E-state index in [0.29, 0.717) is 17.9 Å². The minimum atomic E-state index is -0.401. The van der Waals surface area contributed by atoms with Gasteiger partial charge in [0.2, 0.25) is 0 Å². The summed E-state index contributed by atoms with van der Waals surface area (Å²) >= 11 is 0. The Kier molecular flexibility index (Phi) is 4.81. The molecular formula is C21H25N3O2. The summed E-state index contributed by atoms with van der Waals surface area (Å²) in [6.07, 6.45) is 0. The fraction of sp³-hybridized carbons (Fsp3) is 0.381. The first-order valence-electron chi connectivity index (χ1n) is 8.98. The molecule has 5 heteroatoms. The van der Waals surface area contributed by atoms with E-state index < -0.39 is 5.97 Å². The summed E-state index contributed by atoms with van der Waals surface area (Å²) < 4.78 is 7.03. The molecule has 0 spiro atoms. The summed E-state index contributed by atoms with van der Waals surface area (Å²) in [6.45, 7) is 12.4. The Labute approximate surface area is 154 Å². The van der Waals surface area contributed by atoms with Crippen LogP contribution in [0.15, 0.2) is 24.3 Å². The molecule has 136 valence electrons. The van der Waals surface area contributed by atoms with Crippen LogP contribution in [-0.2, 0) is 4.74 Å². The molecule has 0 amide bonds. The average molecular weight is 351 g/mol. The standard InChI is InChI=1S/C21H25N3O2/c1-7-26-21(25)17-11-18(12(2)3)24-20(22-17)19(15(6)23-24)16-9-8-13(4)10-14(16)5/h8-12H,7H2,1-6H3. The van der Waals surface area contributed by atoms with Gasteiger partial charge in [0, 0.05) is 11.3 Å². The van der Waals surface area contributed by atoms with Crippen LogP contribution in [0.2, 0.25) is 0 Å². The molecule has 0 atom stereocenters. The molecule has 0 N–H and O–H groups in total. The molecule has 0 aliphatic carbocycles. The second kappa shape index (κ2) is 6.90. The number of aromatic nitrogens is 3. The second-order valence-corrected chi connectivity index (χ2v) is 6.96. The van der Waals surface area contributed by atoms with Crippen LogP contribution in [-0.4, -0.2) is 27.2 Å². The Hall–Kier alpha value is -2.69. The molecule has 0 bridgehead atoms. The summed E-state index contributed by atoms with van der Waals surface area (Å²) in [7, 11) is 0. The summed E-state index contributed by atoms with van der Waals surface area (Å²) in [6, 6.07) is 8.12. The monoisotopic (exact) mass is 351 g/mol. The molecule has 0 unspecified atom stereocenters. The number of ether oxygens (including phenoxy) is 1. The number of esters is 1. The van der Waals surface area contributed by atoms with E-state index in [-0.39, 0.29) is 5.92 Å². The minimum Gasteiger partial charge on any atom is -0.461 e. The normalized spacial score (nSPS) is 11.3. The molecule has 2 aromatic heterocycles. The third-order valence-electron chi connectivity index (χ3n) is 4.52. The fourth-order valence-corrected chi connectivity index (χ4v) is 3.28. The van der Waals surface area contributed by atoms with Gasteiger partial charge in [-0.25, -0.2) is 14.3 Å². The number of hydrogen-bond donors (Lipinski definition) is 0. The highest BCUT2D eigenvalue weighted by atomic mass is 16.5. The summed E-state index contributed by atoms with van der Waals surface area (Å²) in [5, 5.41) is 4.72. The van der Waals surface area contributed by atoms with E-state index in [1.807, 2.05) is 11.4 Å². The van der Waals surface area contributed by atoms with E-state index in [4.69, 9.17) is 9.84 Å². The zero-order chi connectivity index (χ0) is 19.0. The molecule has 2 heterocycles. The Morgan fingerprint density at radius 1 is 1.19 bits per heavy atom. The summed E-state index contributed by atoms with van der Waals surface area (Å²) in [5.74, 6) is -0.206. The van der Waals surface area contributed by atoms with Crippen molar-refractivity contribution in [2.24, 2.45) is 0 Å². The molecular weight excluding hydrogens is 326 g/mol. The predicted molar refractivity (Wildman–Crippen MR) is 103 cm³/mol. The number of benzene rings is 1. The largest absolute Gasteiger partial charge is 0.461 e. The molecule has 26 heavy (non-hydrogen) atoms. The average Bonchev–Trinajstić information content (AvgIpc) is 2.90. The van der Waals surface area contributed by atoms with Gasteiger partial charge in [0.1, 0.15) is 0 Å². The lowest BCUT2D eigenvalue weighted by atomic mass is 9.99. The lowest BCUT2D eigenvalue weighted by Crippen LogP contribution is -2.12. The maximum absolute atomic E-state index is 12.3. The van der Waals surface area contributed by atoms with E-state index in [2.05, 4.69) is 50.9 Å². The number of rotatable bonds is 4. The van der Waals surface area contributed by atoms with E-state index >= 15 is 0 Å². The number of nitrogens with zero attached hydrogens (tertiary/aromatic N) is 3. The molecule has 0 aliphatic rings. The molecule has 0 fully saturated rings. The van der Waals surface area contributed by atoms with Gasteiger partial charge in [-0.3, -0.25) is 0 Å². The first-order valence-corrected chi connectivity index (χ1v) is 8.98. The number of carbonyl (C=O) groups is 1.